The normalized spacial score (nSPS) is 23.8. The molecule has 3 aliphatic rings. The molecule has 0 N–H and O–H groups in total. The van der Waals surface area contributed by atoms with Crippen LogP contribution in [0.4, 0.5) is 0 Å². The van der Waals surface area contributed by atoms with Crippen LogP contribution >= 0.6 is 0 Å². The van der Waals surface area contributed by atoms with E-state index in [4.69, 9.17) is 9.47 Å². The van der Waals surface area contributed by atoms with Gasteiger partial charge in [-0.15, -0.1) is 0 Å². The van der Waals surface area contributed by atoms with Gasteiger partial charge < -0.3 is 14.4 Å². The molecule has 1 amide bonds. The Bertz CT molecular complexity index is 593. The van der Waals surface area contributed by atoms with Crippen molar-refractivity contribution in [1.82, 2.24) is 4.90 Å². The van der Waals surface area contributed by atoms with Crippen molar-refractivity contribution in [2.75, 3.05) is 6.79 Å². The minimum Gasteiger partial charge on any atom is -0.454 e. The Labute approximate surface area is 118 Å². The maximum Gasteiger partial charge on any atom is 0.231 e. The summed E-state index contributed by atoms with van der Waals surface area (Å²) in [6, 6.07) is 5.91. The van der Waals surface area contributed by atoms with Gasteiger partial charge in [-0.3, -0.25) is 4.79 Å². The number of ether oxygens (including phenoxy) is 2. The first-order chi connectivity index (χ1) is 9.81. The standard InChI is InChI=1S/C16H17NO3/c18-16-8-12-3-1-2-4-13(12)17(16)9-11-5-6-14-15(7-11)20-10-19-14/h4-7,12H,1-3,8-10H2. The number of hydrogen-bond acceptors (Lipinski definition) is 3. The van der Waals surface area contributed by atoms with Gasteiger partial charge in [0.1, 0.15) is 0 Å². The van der Waals surface area contributed by atoms with Gasteiger partial charge in [0.05, 0.1) is 6.54 Å². The van der Waals surface area contributed by atoms with Crippen LogP contribution in [-0.2, 0) is 11.3 Å². The molecule has 0 radical (unpaired) electrons. The van der Waals surface area contributed by atoms with Gasteiger partial charge in [-0.05, 0) is 37.0 Å². The summed E-state index contributed by atoms with van der Waals surface area (Å²) in [5.41, 5.74) is 2.33. The van der Waals surface area contributed by atoms with Crippen molar-refractivity contribution < 1.29 is 14.3 Å². The number of nitrogens with zero attached hydrogens (tertiary/aromatic N) is 1. The molecule has 1 atom stereocenters. The van der Waals surface area contributed by atoms with Crippen LogP contribution in [0.2, 0.25) is 0 Å². The van der Waals surface area contributed by atoms with Gasteiger partial charge in [0, 0.05) is 18.0 Å². The fourth-order valence-electron chi connectivity index (χ4n) is 3.33. The number of fused-ring (bicyclic) bond motifs is 2. The maximum absolute atomic E-state index is 12.2. The highest BCUT2D eigenvalue weighted by molar-refractivity contribution is 5.82. The molecule has 4 rings (SSSR count). The molecule has 0 bridgehead atoms. The van der Waals surface area contributed by atoms with Crippen molar-refractivity contribution in [3.8, 4) is 11.5 Å². The van der Waals surface area contributed by atoms with Crippen LogP contribution in [0.5, 0.6) is 11.5 Å². The molecular formula is C16H17NO3. The van der Waals surface area contributed by atoms with Gasteiger partial charge in [0.25, 0.3) is 0 Å². The minimum atomic E-state index is 0.251. The summed E-state index contributed by atoms with van der Waals surface area (Å²) < 4.78 is 10.7. The fraction of sp³-hybridized carbons (Fsp3) is 0.438. The highest BCUT2D eigenvalue weighted by atomic mass is 16.7. The van der Waals surface area contributed by atoms with Crippen molar-refractivity contribution in [3.05, 3.63) is 35.5 Å². The Morgan fingerprint density at radius 2 is 2.15 bits per heavy atom. The molecule has 4 heteroatoms. The Balaban J connectivity index is 1.59. The van der Waals surface area contributed by atoms with E-state index in [0.717, 1.165) is 29.9 Å². The van der Waals surface area contributed by atoms with Gasteiger partial charge in [-0.1, -0.05) is 12.1 Å². The SMILES string of the molecule is O=C1CC2CCCC=C2N1Cc1ccc2c(c1)OCO2. The van der Waals surface area contributed by atoms with E-state index in [0.29, 0.717) is 18.9 Å². The third kappa shape index (κ3) is 1.87. The zero-order valence-corrected chi connectivity index (χ0v) is 11.3. The zero-order valence-electron chi connectivity index (χ0n) is 11.3. The largest absolute Gasteiger partial charge is 0.454 e. The van der Waals surface area contributed by atoms with Crippen LogP contribution < -0.4 is 9.47 Å². The third-order valence-electron chi connectivity index (χ3n) is 4.34. The third-order valence-corrected chi connectivity index (χ3v) is 4.34. The lowest BCUT2D eigenvalue weighted by Crippen LogP contribution is -2.23. The molecule has 2 heterocycles. The molecule has 20 heavy (non-hydrogen) atoms. The lowest BCUT2D eigenvalue weighted by Gasteiger charge is -2.23. The summed E-state index contributed by atoms with van der Waals surface area (Å²) >= 11 is 0. The molecule has 1 unspecified atom stereocenters. The van der Waals surface area contributed by atoms with E-state index in [9.17, 15) is 4.79 Å². The summed E-state index contributed by atoms with van der Waals surface area (Å²) in [4.78, 5) is 14.2. The highest BCUT2D eigenvalue weighted by Gasteiger charge is 2.35. The average Bonchev–Trinajstić information content (AvgIpc) is 3.04. The minimum absolute atomic E-state index is 0.251. The van der Waals surface area contributed by atoms with E-state index >= 15 is 0 Å². The van der Waals surface area contributed by atoms with Gasteiger partial charge in [0.15, 0.2) is 11.5 Å². The Hall–Kier alpha value is -1.97. The first-order valence-corrected chi connectivity index (χ1v) is 7.20. The van der Waals surface area contributed by atoms with Crippen LogP contribution in [0.25, 0.3) is 0 Å². The van der Waals surface area contributed by atoms with E-state index in [1.54, 1.807) is 0 Å². The summed E-state index contributed by atoms with van der Waals surface area (Å²) in [6.45, 7) is 0.923. The Kier molecular flexibility index (Phi) is 2.69. The van der Waals surface area contributed by atoms with E-state index in [1.165, 1.54) is 12.1 Å². The highest BCUT2D eigenvalue weighted by Crippen LogP contribution is 2.38. The predicted molar refractivity (Wildman–Crippen MR) is 73.2 cm³/mol. The molecule has 1 aromatic carbocycles. The first-order valence-electron chi connectivity index (χ1n) is 7.20. The second-order valence-electron chi connectivity index (χ2n) is 5.63. The van der Waals surface area contributed by atoms with Crippen LogP contribution in [0, 0.1) is 5.92 Å². The summed E-state index contributed by atoms with van der Waals surface area (Å²) in [7, 11) is 0. The van der Waals surface area contributed by atoms with Crippen molar-refractivity contribution in [3.63, 3.8) is 0 Å². The second kappa shape index (κ2) is 4.54. The molecule has 1 saturated heterocycles. The van der Waals surface area contributed by atoms with E-state index in [2.05, 4.69) is 6.08 Å². The maximum atomic E-state index is 12.2. The molecular weight excluding hydrogens is 254 g/mol. The average molecular weight is 271 g/mol. The topological polar surface area (TPSA) is 38.8 Å². The molecule has 1 fully saturated rings. The Morgan fingerprint density at radius 1 is 1.25 bits per heavy atom. The molecule has 1 aromatic rings. The predicted octanol–water partition coefficient (Wildman–Crippen LogP) is 2.83. The molecule has 104 valence electrons. The lowest BCUT2D eigenvalue weighted by molar-refractivity contribution is -0.127. The fourth-order valence-corrected chi connectivity index (χ4v) is 3.33. The number of benzene rings is 1. The quantitative estimate of drug-likeness (QED) is 0.830. The van der Waals surface area contributed by atoms with Crippen molar-refractivity contribution in [2.24, 2.45) is 5.92 Å². The number of carbonyl (C=O) groups is 1. The number of allylic oxidation sites excluding steroid dienone is 2. The Morgan fingerprint density at radius 3 is 3.10 bits per heavy atom. The molecule has 2 aliphatic heterocycles. The van der Waals surface area contributed by atoms with Crippen LogP contribution in [-0.4, -0.2) is 17.6 Å². The van der Waals surface area contributed by atoms with Gasteiger partial charge in [-0.2, -0.15) is 0 Å². The van der Waals surface area contributed by atoms with Crippen molar-refractivity contribution in [1.29, 1.82) is 0 Å². The monoisotopic (exact) mass is 271 g/mol. The molecule has 0 aromatic heterocycles. The molecule has 0 spiro atoms. The van der Waals surface area contributed by atoms with E-state index in [-0.39, 0.29) is 12.7 Å². The summed E-state index contributed by atoms with van der Waals surface area (Å²) in [5, 5.41) is 0. The molecule has 4 nitrogen and oxygen atoms in total. The van der Waals surface area contributed by atoms with Crippen LogP contribution in [0.15, 0.2) is 30.0 Å². The molecule has 1 aliphatic carbocycles. The second-order valence-corrected chi connectivity index (χ2v) is 5.63. The van der Waals surface area contributed by atoms with Gasteiger partial charge in [0.2, 0.25) is 12.7 Å². The van der Waals surface area contributed by atoms with Crippen molar-refractivity contribution in [2.45, 2.75) is 32.2 Å². The van der Waals surface area contributed by atoms with E-state index < -0.39 is 0 Å². The summed E-state index contributed by atoms with van der Waals surface area (Å²) in [6.07, 6.45) is 6.37. The smallest absolute Gasteiger partial charge is 0.231 e. The number of hydrogen-bond donors (Lipinski definition) is 0. The molecule has 0 saturated carbocycles. The van der Waals surface area contributed by atoms with Gasteiger partial charge in [-0.25, -0.2) is 0 Å². The number of rotatable bonds is 2. The number of amides is 1. The number of likely N-dealkylation sites (tertiary alicyclic amines) is 1. The lowest BCUT2D eigenvalue weighted by atomic mass is 9.92. The van der Waals surface area contributed by atoms with Crippen LogP contribution in [0.1, 0.15) is 31.2 Å². The zero-order chi connectivity index (χ0) is 13.5. The van der Waals surface area contributed by atoms with Crippen LogP contribution in [0.3, 0.4) is 0 Å². The number of carbonyl (C=O) groups excluding carboxylic acids is 1. The van der Waals surface area contributed by atoms with Gasteiger partial charge >= 0.3 is 0 Å². The first kappa shape index (κ1) is 11.8. The summed E-state index contributed by atoms with van der Waals surface area (Å²) in [5.74, 6) is 2.27. The van der Waals surface area contributed by atoms with E-state index in [1.807, 2.05) is 23.1 Å². The van der Waals surface area contributed by atoms with Crippen molar-refractivity contribution >= 4 is 5.91 Å².